The van der Waals surface area contributed by atoms with Crippen LogP contribution in [0.4, 0.5) is 11.5 Å². The normalized spacial score (nSPS) is 16.3. The highest BCUT2D eigenvalue weighted by atomic mass is 16.2. The fourth-order valence-corrected chi connectivity index (χ4v) is 3.03. The van der Waals surface area contributed by atoms with Gasteiger partial charge in [0.1, 0.15) is 5.82 Å². The van der Waals surface area contributed by atoms with Crippen molar-refractivity contribution in [3.8, 4) is 0 Å². The smallest absolute Gasteiger partial charge is 0.279 e. The van der Waals surface area contributed by atoms with E-state index in [9.17, 15) is 4.79 Å². The molecule has 1 aliphatic rings. The number of hydrogen-bond acceptors (Lipinski definition) is 4. The maximum absolute atomic E-state index is 12.8. The first-order chi connectivity index (χ1) is 11.6. The molecule has 1 atom stereocenters. The van der Waals surface area contributed by atoms with Crippen LogP contribution in [0, 0.1) is 5.92 Å². The Morgan fingerprint density at radius 2 is 2.04 bits per heavy atom. The molecule has 0 fully saturated rings. The summed E-state index contributed by atoms with van der Waals surface area (Å²) in [6, 6.07) is 11.8. The van der Waals surface area contributed by atoms with Gasteiger partial charge in [0.05, 0.1) is 0 Å². The zero-order valence-corrected chi connectivity index (χ0v) is 14.5. The maximum Gasteiger partial charge on any atom is 0.279 e. The molecule has 1 N–H and O–H groups in total. The van der Waals surface area contributed by atoms with E-state index in [4.69, 9.17) is 0 Å². The van der Waals surface area contributed by atoms with Crippen molar-refractivity contribution in [3.63, 3.8) is 0 Å². The summed E-state index contributed by atoms with van der Waals surface area (Å²) in [6.07, 6.45) is 1.95. The van der Waals surface area contributed by atoms with Gasteiger partial charge in [0.2, 0.25) is 0 Å². The highest BCUT2D eigenvalue weighted by molar-refractivity contribution is 6.06. The summed E-state index contributed by atoms with van der Waals surface area (Å²) in [5.74, 6) is 1.26. The number of amides is 1. The van der Waals surface area contributed by atoms with Crippen LogP contribution < -0.4 is 10.2 Å². The van der Waals surface area contributed by atoms with Crippen molar-refractivity contribution in [3.05, 3.63) is 47.7 Å². The monoisotopic (exact) mass is 324 g/mol. The largest absolute Gasteiger partial charge is 0.369 e. The Bertz CT molecular complexity index is 712. The molecule has 0 saturated heterocycles. The third kappa shape index (κ3) is 3.40. The number of carbonyl (C=O) groups is 1. The van der Waals surface area contributed by atoms with Crippen molar-refractivity contribution in [2.45, 2.75) is 39.7 Å². The molecule has 5 heteroatoms. The van der Waals surface area contributed by atoms with Gasteiger partial charge >= 0.3 is 0 Å². The summed E-state index contributed by atoms with van der Waals surface area (Å²) >= 11 is 0. The number of aromatic nitrogens is 2. The molecule has 0 aliphatic carbocycles. The molecular weight excluding hydrogens is 300 g/mol. The molecule has 0 saturated carbocycles. The van der Waals surface area contributed by atoms with Crippen molar-refractivity contribution >= 4 is 17.4 Å². The third-order valence-electron chi connectivity index (χ3n) is 4.34. The number of nitrogens with one attached hydrogen (secondary N) is 1. The number of carbonyl (C=O) groups excluding carboxylic acids is 1. The zero-order valence-electron chi connectivity index (χ0n) is 14.5. The summed E-state index contributed by atoms with van der Waals surface area (Å²) in [6.45, 7) is 7.29. The number of para-hydroxylation sites is 1. The van der Waals surface area contributed by atoms with Crippen LogP contribution in [0.5, 0.6) is 0 Å². The predicted octanol–water partition coefficient (Wildman–Crippen LogP) is 3.53. The molecule has 1 aromatic carbocycles. The lowest BCUT2D eigenvalue weighted by Gasteiger charge is -2.22. The number of anilines is 2. The Morgan fingerprint density at radius 3 is 2.75 bits per heavy atom. The lowest BCUT2D eigenvalue weighted by atomic mass is 10.1. The SMILES string of the molecule is CC(C)CCNc1ccc(C(=O)N2c3ccccc3CC2C)nn1. The molecule has 2 aromatic rings. The minimum atomic E-state index is -0.0892. The molecule has 1 unspecified atom stereocenters. The summed E-state index contributed by atoms with van der Waals surface area (Å²) in [5, 5.41) is 11.5. The second kappa shape index (κ2) is 6.99. The molecule has 3 rings (SSSR count). The van der Waals surface area contributed by atoms with Gasteiger partial charge in [0.15, 0.2) is 5.69 Å². The summed E-state index contributed by atoms with van der Waals surface area (Å²) in [7, 11) is 0. The van der Waals surface area contributed by atoms with Gasteiger partial charge in [-0.05, 0) is 49.4 Å². The average molecular weight is 324 g/mol. The number of rotatable bonds is 5. The van der Waals surface area contributed by atoms with Crippen molar-refractivity contribution in [1.29, 1.82) is 0 Å². The topological polar surface area (TPSA) is 58.1 Å². The molecule has 1 amide bonds. The zero-order chi connectivity index (χ0) is 17.1. The Hall–Kier alpha value is -2.43. The minimum absolute atomic E-state index is 0.0892. The summed E-state index contributed by atoms with van der Waals surface area (Å²) in [4.78, 5) is 14.7. The highest BCUT2D eigenvalue weighted by Gasteiger charge is 2.31. The van der Waals surface area contributed by atoms with Crippen LogP contribution >= 0.6 is 0 Å². The molecular formula is C19H24N4O. The first-order valence-electron chi connectivity index (χ1n) is 8.55. The van der Waals surface area contributed by atoms with Gasteiger partial charge in [-0.1, -0.05) is 32.0 Å². The van der Waals surface area contributed by atoms with Gasteiger partial charge < -0.3 is 10.2 Å². The van der Waals surface area contributed by atoms with Crippen molar-refractivity contribution in [2.75, 3.05) is 16.8 Å². The standard InChI is InChI=1S/C19H24N4O/c1-13(2)10-11-20-18-9-8-16(21-22-18)19(24)23-14(3)12-15-6-4-5-7-17(15)23/h4-9,13-14H,10-12H2,1-3H3,(H,20,22). The van der Waals surface area contributed by atoms with E-state index >= 15 is 0 Å². The molecule has 0 bridgehead atoms. The summed E-state index contributed by atoms with van der Waals surface area (Å²) < 4.78 is 0. The fourth-order valence-electron chi connectivity index (χ4n) is 3.03. The first-order valence-corrected chi connectivity index (χ1v) is 8.55. The van der Waals surface area contributed by atoms with Gasteiger partial charge in [-0.15, -0.1) is 10.2 Å². The van der Waals surface area contributed by atoms with Crippen molar-refractivity contribution in [2.24, 2.45) is 5.92 Å². The van der Waals surface area contributed by atoms with Gasteiger partial charge in [-0.25, -0.2) is 0 Å². The molecule has 1 aliphatic heterocycles. The lowest BCUT2D eigenvalue weighted by molar-refractivity contribution is 0.0975. The number of benzene rings is 1. The second-order valence-corrected chi connectivity index (χ2v) is 6.77. The lowest BCUT2D eigenvalue weighted by Crippen LogP contribution is -2.36. The van der Waals surface area contributed by atoms with E-state index < -0.39 is 0 Å². The van der Waals surface area contributed by atoms with Crippen LogP contribution in [0.2, 0.25) is 0 Å². The van der Waals surface area contributed by atoms with E-state index in [0.29, 0.717) is 17.4 Å². The van der Waals surface area contributed by atoms with Crippen LogP contribution in [-0.4, -0.2) is 28.7 Å². The fraction of sp³-hybridized carbons (Fsp3) is 0.421. The van der Waals surface area contributed by atoms with Crippen molar-refractivity contribution < 1.29 is 4.79 Å². The maximum atomic E-state index is 12.8. The summed E-state index contributed by atoms with van der Waals surface area (Å²) in [5.41, 5.74) is 2.57. The van der Waals surface area contributed by atoms with Gasteiger partial charge in [0, 0.05) is 18.3 Å². The van der Waals surface area contributed by atoms with Crippen LogP contribution in [-0.2, 0) is 6.42 Å². The van der Waals surface area contributed by atoms with Crippen LogP contribution in [0.1, 0.15) is 43.2 Å². The van der Waals surface area contributed by atoms with Gasteiger partial charge in [0.25, 0.3) is 5.91 Å². The second-order valence-electron chi connectivity index (χ2n) is 6.77. The average Bonchev–Trinajstić information content (AvgIpc) is 2.90. The third-order valence-corrected chi connectivity index (χ3v) is 4.34. The Labute approximate surface area is 143 Å². The molecule has 0 spiro atoms. The van der Waals surface area contributed by atoms with Crippen LogP contribution in [0.3, 0.4) is 0 Å². The number of fused-ring (bicyclic) bond motifs is 1. The highest BCUT2D eigenvalue weighted by Crippen LogP contribution is 2.32. The Morgan fingerprint density at radius 1 is 1.25 bits per heavy atom. The quantitative estimate of drug-likeness (QED) is 0.914. The number of hydrogen-bond donors (Lipinski definition) is 1. The van der Waals surface area contributed by atoms with Crippen molar-refractivity contribution in [1.82, 2.24) is 10.2 Å². The van der Waals surface area contributed by atoms with Gasteiger partial charge in [-0.2, -0.15) is 0 Å². The molecule has 126 valence electrons. The predicted molar refractivity (Wildman–Crippen MR) is 96.4 cm³/mol. The molecule has 24 heavy (non-hydrogen) atoms. The van der Waals surface area contributed by atoms with E-state index in [1.54, 1.807) is 6.07 Å². The Kier molecular flexibility index (Phi) is 4.79. The Balaban J connectivity index is 1.71. The molecule has 5 nitrogen and oxygen atoms in total. The van der Waals surface area contributed by atoms with Gasteiger partial charge in [-0.3, -0.25) is 4.79 Å². The van der Waals surface area contributed by atoms with Crippen LogP contribution in [0.25, 0.3) is 0 Å². The number of nitrogens with zero attached hydrogens (tertiary/aromatic N) is 3. The van der Waals surface area contributed by atoms with E-state index in [1.807, 2.05) is 29.2 Å². The molecule has 0 radical (unpaired) electrons. The van der Waals surface area contributed by atoms with E-state index in [1.165, 1.54) is 5.56 Å². The minimum Gasteiger partial charge on any atom is -0.369 e. The molecule has 2 heterocycles. The molecule has 1 aromatic heterocycles. The first kappa shape index (κ1) is 16.4. The van der Waals surface area contributed by atoms with E-state index in [2.05, 4.69) is 42.4 Å². The van der Waals surface area contributed by atoms with E-state index in [-0.39, 0.29) is 11.9 Å². The van der Waals surface area contributed by atoms with Crippen LogP contribution in [0.15, 0.2) is 36.4 Å². The van der Waals surface area contributed by atoms with E-state index in [0.717, 1.165) is 25.1 Å².